The summed E-state index contributed by atoms with van der Waals surface area (Å²) < 4.78 is 0. The van der Waals surface area contributed by atoms with Crippen LogP contribution in [0.5, 0.6) is 0 Å². The molecule has 0 saturated carbocycles. The first-order valence-electron chi connectivity index (χ1n) is 8.91. The molecule has 2 aromatic carbocycles. The number of hydrogen-bond donors (Lipinski definition) is 1. The van der Waals surface area contributed by atoms with Crippen molar-refractivity contribution in [2.45, 2.75) is 31.7 Å². The molecule has 2 aromatic rings. The number of carbonyl (C=O) groups excluding carboxylic acids is 2. The zero-order valence-corrected chi connectivity index (χ0v) is 14.4. The van der Waals surface area contributed by atoms with E-state index >= 15 is 0 Å². The first kappa shape index (κ1) is 17.2. The van der Waals surface area contributed by atoms with Crippen molar-refractivity contribution in [3.63, 3.8) is 0 Å². The van der Waals surface area contributed by atoms with Gasteiger partial charge in [0, 0.05) is 13.1 Å². The SMILES string of the molecule is O=C(Cc1ccccc1)N[C@H](C(=O)N1CCCCC1)c1ccccc1. The maximum absolute atomic E-state index is 13.0. The van der Waals surface area contributed by atoms with E-state index in [0.29, 0.717) is 0 Å². The average Bonchev–Trinajstić information content (AvgIpc) is 2.68. The lowest BCUT2D eigenvalue weighted by Crippen LogP contribution is -2.45. The molecule has 25 heavy (non-hydrogen) atoms. The smallest absolute Gasteiger partial charge is 0.249 e. The van der Waals surface area contributed by atoms with Crippen LogP contribution in [-0.2, 0) is 16.0 Å². The lowest BCUT2D eigenvalue weighted by Gasteiger charge is -2.31. The highest BCUT2D eigenvalue weighted by atomic mass is 16.2. The number of hydrogen-bond acceptors (Lipinski definition) is 2. The van der Waals surface area contributed by atoms with Gasteiger partial charge in [-0.25, -0.2) is 0 Å². The van der Waals surface area contributed by atoms with E-state index in [9.17, 15) is 9.59 Å². The summed E-state index contributed by atoms with van der Waals surface area (Å²) in [6.45, 7) is 1.55. The number of piperidine rings is 1. The Morgan fingerprint density at radius 3 is 2.12 bits per heavy atom. The summed E-state index contributed by atoms with van der Waals surface area (Å²) in [6.07, 6.45) is 3.51. The Hall–Kier alpha value is -2.62. The van der Waals surface area contributed by atoms with Crippen LogP contribution in [0.25, 0.3) is 0 Å². The summed E-state index contributed by atoms with van der Waals surface area (Å²) in [4.78, 5) is 27.4. The maximum atomic E-state index is 13.0. The van der Waals surface area contributed by atoms with Crippen LogP contribution in [0.4, 0.5) is 0 Å². The molecule has 0 aromatic heterocycles. The fourth-order valence-corrected chi connectivity index (χ4v) is 3.22. The van der Waals surface area contributed by atoms with Gasteiger partial charge < -0.3 is 10.2 Å². The van der Waals surface area contributed by atoms with Crippen LogP contribution in [-0.4, -0.2) is 29.8 Å². The lowest BCUT2D eigenvalue weighted by molar-refractivity contribution is -0.137. The van der Waals surface area contributed by atoms with Crippen molar-refractivity contribution >= 4 is 11.8 Å². The van der Waals surface area contributed by atoms with E-state index < -0.39 is 6.04 Å². The molecule has 4 heteroatoms. The van der Waals surface area contributed by atoms with Crippen molar-refractivity contribution in [2.24, 2.45) is 0 Å². The van der Waals surface area contributed by atoms with Crippen molar-refractivity contribution < 1.29 is 9.59 Å². The third kappa shape index (κ3) is 4.69. The number of nitrogens with zero attached hydrogens (tertiary/aromatic N) is 1. The van der Waals surface area contributed by atoms with Gasteiger partial charge in [-0.2, -0.15) is 0 Å². The molecule has 0 unspecified atom stereocenters. The number of nitrogens with one attached hydrogen (secondary N) is 1. The zero-order chi connectivity index (χ0) is 17.5. The Bertz CT molecular complexity index is 694. The minimum atomic E-state index is -0.615. The van der Waals surface area contributed by atoms with E-state index in [-0.39, 0.29) is 18.2 Å². The first-order valence-corrected chi connectivity index (χ1v) is 8.91. The predicted octanol–water partition coefficient (Wildman–Crippen LogP) is 3.10. The van der Waals surface area contributed by atoms with Crippen LogP contribution in [0.15, 0.2) is 60.7 Å². The van der Waals surface area contributed by atoms with Gasteiger partial charge in [-0.15, -0.1) is 0 Å². The molecule has 1 aliphatic rings. The van der Waals surface area contributed by atoms with Gasteiger partial charge in [0.1, 0.15) is 6.04 Å². The molecule has 1 N–H and O–H groups in total. The van der Waals surface area contributed by atoms with Gasteiger partial charge in [-0.3, -0.25) is 9.59 Å². The summed E-state index contributed by atoms with van der Waals surface area (Å²) in [5.41, 5.74) is 1.77. The van der Waals surface area contributed by atoms with Gasteiger partial charge in [0.15, 0.2) is 0 Å². The molecular formula is C21H24N2O2. The quantitative estimate of drug-likeness (QED) is 0.912. The minimum Gasteiger partial charge on any atom is -0.341 e. The van der Waals surface area contributed by atoms with Crippen LogP contribution < -0.4 is 5.32 Å². The van der Waals surface area contributed by atoms with Gasteiger partial charge in [0.25, 0.3) is 0 Å². The van der Waals surface area contributed by atoms with E-state index in [1.165, 1.54) is 6.42 Å². The van der Waals surface area contributed by atoms with E-state index in [0.717, 1.165) is 37.1 Å². The summed E-state index contributed by atoms with van der Waals surface area (Å²) >= 11 is 0. The van der Waals surface area contributed by atoms with E-state index in [1.54, 1.807) is 0 Å². The van der Waals surface area contributed by atoms with Crippen LogP contribution >= 0.6 is 0 Å². The number of amides is 2. The van der Waals surface area contributed by atoms with Crippen LogP contribution in [0, 0.1) is 0 Å². The van der Waals surface area contributed by atoms with Gasteiger partial charge in [0.05, 0.1) is 6.42 Å². The third-order valence-corrected chi connectivity index (χ3v) is 4.56. The number of likely N-dealkylation sites (tertiary alicyclic amines) is 1. The molecule has 0 bridgehead atoms. The maximum Gasteiger partial charge on any atom is 0.249 e. The predicted molar refractivity (Wildman–Crippen MR) is 97.9 cm³/mol. The Morgan fingerprint density at radius 1 is 0.880 bits per heavy atom. The largest absolute Gasteiger partial charge is 0.341 e. The Morgan fingerprint density at radius 2 is 1.48 bits per heavy atom. The molecule has 1 heterocycles. The molecule has 4 nitrogen and oxygen atoms in total. The van der Waals surface area contributed by atoms with Gasteiger partial charge >= 0.3 is 0 Å². The van der Waals surface area contributed by atoms with Crippen LogP contribution in [0.1, 0.15) is 36.4 Å². The first-order chi connectivity index (χ1) is 12.2. The van der Waals surface area contributed by atoms with Crippen LogP contribution in [0.2, 0.25) is 0 Å². The van der Waals surface area contributed by atoms with Gasteiger partial charge in [0.2, 0.25) is 11.8 Å². The molecule has 0 aliphatic carbocycles. The molecule has 1 fully saturated rings. The molecule has 2 amide bonds. The molecule has 1 atom stereocenters. The highest BCUT2D eigenvalue weighted by Crippen LogP contribution is 2.19. The van der Waals surface area contributed by atoms with Gasteiger partial charge in [-0.1, -0.05) is 60.7 Å². The lowest BCUT2D eigenvalue weighted by atomic mass is 10.0. The minimum absolute atomic E-state index is 0.00712. The van der Waals surface area contributed by atoms with E-state index in [1.807, 2.05) is 65.6 Å². The molecule has 0 radical (unpaired) electrons. The van der Waals surface area contributed by atoms with Crippen molar-refractivity contribution in [3.8, 4) is 0 Å². The van der Waals surface area contributed by atoms with Crippen molar-refractivity contribution in [3.05, 3.63) is 71.8 Å². The molecule has 3 rings (SSSR count). The third-order valence-electron chi connectivity index (χ3n) is 4.56. The fraction of sp³-hybridized carbons (Fsp3) is 0.333. The number of rotatable bonds is 5. The average molecular weight is 336 g/mol. The van der Waals surface area contributed by atoms with Crippen molar-refractivity contribution in [1.29, 1.82) is 0 Å². The van der Waals surface area contributed by atoms with E-state index in [2.05, 4.69) is 5.32 Å². The van der Waals surface area contributed by atoms with Crippen molar-refractivity contribution in [1.82, 2.24) is 10.2 Å². The second-order valence-electron chi connectivity index (χ2n) is 6.46. The zero-order valence-electron chi connectivity index (χ0n) is 14.4. The normalized spacial score (nSPS) is 15.4. The summed E-state index contributed by atoms with van der Waals surface area (Å²) in [5.74, 6) is -0.141. The molecule has 0 spiro atoms. The van der Waals surface area contributed by atoms with Crippen molar-refractivity contribution in [2.75, 3.05) is 13.1 Å². The highest BCUT2D eigenvalue weighted by Gasteiger charge is 2.28. The summed E-state index contributed by atoms with van der Waals surface area (Å²) in [6, 6.07) is 18.5. The number of benzene rings is 2. The number of carbonyl (C=O) groups is 2. The Balaban J connectivity index is 1.74. The van der Waals surface area contributed by atoms with Gasteiger partial charge in [-0.05, 0) is 30.4 Å². The standard InChI is InChI=1S/C21H24N2O2/c24-19(16-17-10-4-1-5-11-17)22-20(18-12-6-2-7-13-18)21(25)23-14-8-3-9-15-23/h1-2,4-7,10-13,20H,3,8-9,14-16H2,(H,22,24)/t20-/m0/s1. The summed E-state index contributed by atoms with van der Waals surface area (Å²) in [5, 5.41) is 2.95. The molecule has 130 valence electrons. The summed E-state index contributed by atoms with van der Waals surface area (Å²) in [7, 11) is 0. The second-order valence-corrected chi connectivity index (χ2v) is 6.46. The second kappa shape index (κ2) is 8.47. The molecule has 1 saturated heterocycles. The highest BCUT2D eigenvalue weighted by molar-refractivity contribution is 5.89. The molecular weight excluding hydrogens is 312 g/mol. The monoisotopic (exact) mass is 336 g/mol. The Labute approximate surface area is 148 Å². The molecule has 1 aliphatic heterocycles. The Kier molecular flexibility index (Phi) is 5.83. The van der Waals surface area contributed by atoms with Crippen LogP contribution in [0.3, 0.4) is 0 Å². The fourth-order valence-electron chi connectivity index (χ4n) is 3.22. The topological polar surface area (TPSA) is 49.4 Å². The van der Waals surface area contributed by atoms with E-state index in [4.69, 9.17) is 0 Å².